The minimum Gasteiger partial charge on any atom is -0.481 e. The third-order valence-electron chi connectivity index (χ3n) is 3.40. The lowest BCUT2D eigenvalue weighted by Gasteiger charge is -2.21. The van der Waals surface area contributed by atoms with Gasteiger partial charge in [0.2, 0.25) is 0 Å². The van der Waals surface area contributed by atoms with Crippen molar-refractivity contribution in [2.45, 2.75) is 32.4 Å². The summed E-state index contributed by atoms with van der Waals surface area (Å²) in [5, 5.41) is 3.57. The van der Waals surface area contributed by atoms with Gasteiger partial charge in [-0.15, -0.1) is 0 Å². The smallest absolute Gasteiger partial charge is 0.261 e. The molecule has 0 unspecified atom stereocenters. The van der Waals surface area contributed by atoms with Crippen molar-refractivity contribution in [3.63, 3.8) is 0 Å². The minimum atomic E-state index is -0.537. The molecule has 2 atom stereocenters. The summed E-state index contributed by atoms with van der Waals surface area (Å²) in [5.41, 5.74) is 1.06. The van der Waals surface area contributed by atoms with Crippen LogP contribution in [0.4, 0.5) is 0 Å². The third-order valence-corrected chi connectivity index (χ3v) is 3.63. The van der Waals surface area contributed by atoms with Crippen molar-refractivity contribution in [2.24, 2.45) is 0 Å². The lowest BCUT2D eigenvalue weighted by atomic mass is 10.1. The van der Waals surface area contributed by atoms with E-state index in [0.29, 0.717) is 17.2 Å². The molecule has 0 aromatic heterocycles. The summed E-state index contributed by atoms with van der Waals surface area (Å²) in [5.74, 6) is 0.473. The first-order valence-corrected chi connectivity index (χ1v) is 7.75. The largest absolute Gasteiger partial charge is 0.481 e. The molecule has 0 saturated heterocycles. The number of hydrogen-bond acceptors (Lipinski definition) is 2. The molecule has 2 rings (SSSR count). The summed E-state index contributed by atoms with van der Waals surface area (Å²) in [7, 11) is 0. The van der Waals surface area contributed by atoms with Crippen molar-refractivity contribution in [3.8, 4) is 5.75 Å². The Morgan fingerprint density at radius 2 is 1.91 bits per heavy atom. The zero-order valence-corrected chi connectivity index (χ0v) is 13.5. The Bertz CT molecular complexity index is 615. The molecule has 116 valence electrons. The van der Waals surface area contributed by atoms with Crippen LogP contribution in [0.2, 0.25) is 5.02 Å². The van der Waals surface area contributed by atoms with Gasteiger partial charge in [0.25, 0.3) is 5.91 Å². The minimum absolute atomic E-state index is 0.0642. The lowest BCUT2D eigenvalue weighted by molar-refractivity contribution is -0.128. The van der Waals surface area contributed by atoms with Gasteiger partial charge in [0.15, 0.2) is 6.10 Å². The number of carbonyl (C=O) groups excluding carboxylic acids is 1. The van der Waals surface area contributed by atoms with E-state index in [1.807, 2.05) is 44.2 Å². The second-order valence-corrected chi connectivity index (χ2v) is 5.55. The molecule has 0 bridgehead atoms. The molecule has 2 aromatic rings. The van der Waals surface area contributed by atoms with E-state index < -0.39 is 6.10 Å². The first-order chi connectivity index (χ1) is 10.6. The van der Waals surface area contributed by atoms with Crippen LogP contribution in [-0.4, -0.2) is 12.0 Å². The van der Waals surface area contributed by atoms with Crippen molar-refractivity contribution >= 4 is 17.5 Å². The summed E-state index contributed by atoms with van der Waals surface area (Å²) < 4.78 is 5.75. The van der Waals surface area contributed by atoms with Crippen LogP contribution >= 0.6 is 11.6 Å². The molecular formula is C18H20ClNO2. The maximum Gasteiger partial charge on any atom is 0.261 e. The zero-order valence-electron chi connectivity index (χ0n) is 12.8. The van der Waals surface area contributed by atoms with Crippen LogP contribution in [0.25, 0.3) is 0 Å². The summed E-state index contributed by atoms with van der Waals surface area (Å²) in [6, 6.07) is 16.9. The quantitative estimate of drug-likeness (QED) is 0.859. The van der Waals surface area contributed by atoms with E-state index in [0.717, 1.165) is 5.56 Å². The second-order valence-electron chi connectivity index (χ2n) is 5.11. The Hall–Kier alpha value is -2.00. The fraction of sp³-hybridized carbons (Fsp3) is 0.278. The van der Waals surface area contributed by atoms with E-state index >= 15 is 0 Å². The van der Waals surface area contributed by atoms with Gasteiger partial charge in [-0.05, 0) is 37.1 Å². The van der Waals surface area contributed by atoms with Crippen molar-refractivity contribution in [2.75, 3.05) is 0 Å². The number of rotatable bonds is 6. The Morgan fingerprint density at radius 3 is 2.55 bits per heavy atom. The molecule has 0 aliphatic carbocycles. The van der Waals surface area contributed by atoms with Crippen LogP contribution in [0.1, 0.15) is 31.9 Å². The van der Waals surface area contributed by atoms with Crippen molar-refractivity contribution in [3.05, 3.63) is 65.2 Å². The SMILES string of the molecule is CC[C@@H](Oc1cccc(Cl)c1)C(=O)N[C@H](C)c1ccccc1. The molecule has 0 aliphatic heterocycles. The highest BCUT2D eigenvalue weighted by molar-refractivity contribution is 6.30. The fourth-order valence-electron chi connectivity index (χ4n) is 2.16. The van der Waals surface area contributed by atoms with Crippen LogP contribution in [0.3, 0.4) is 0 Å². The van der Waals surface area contributed by atoms with E-state index in [-0.39, 0.29) is 11.9 Å². The van der Waals surface area contributed by atoms with Crippen molar-refractivity contribution in [1.29, 1.82) is 0 Å². The number of nitrogens with one attached hydrogen (secondary N) is 1. The monoisotopic (exact) mass is 317 g/mol. The second kappa shape index (κ2) is 7.85. The van der Waals surface area contributed by atoms with E-state index in [2.05, 4.69) is 5.32 Å². The number of hydrogen-bond donors (Lipinski definition) is 1. The van der Waals surface area contributed by atoms with Crippen LogP contribution < -0.4 is 10.1 Å². The number of carbonyl (C=O) groups is 1. The molecule has 0 radical (unpaired) electrons. The molecule has 0 fully saturated rings. The topological polar surface area (TPSA) is 38.3 Å². The van der Waals surface area contributed by atoms with Gasteiger partial charge in [0.1, 0.15) is 5.75 Å². The van der Waals surface area contributed by atoms with E-state index in [9.17, 15) is 4.79 Å². The van der Waals surface area contributed by atoms with Gasteiger partial charge in [-0.2, -0.15) is 0 Å². The zero-order chi connectivity index (χ0) is 15.9. The van der Waals surface area contributed by atoms with Gasteiger partial charge in [0.05, 0.1) is 6.04 Å². The third kappa shape index (κ3) is 4.50. The molecule has 0 spiro atoms. The molecule has 0 aliphatic rings. The first-order valence-electron chi connectivity index (χ1n) is 7.37. The number of benzene rings is 2. The molecule has 2 aromatic carbocycles. The maximum atomic E-state index is 12.4. The van der Waals surface area contributed by atoms with Crippen LogP contribution in [0.5, 0.6) is 5.75 Å². The average molecular weight is 318 g/mol. The number of ether oxygens (including phenoxy) is 1. The number of amides is 1. The Morgan fingerprint density at radius 1 is 1.18 bits per heavy atom. The van der Waals surface area contributed by atoms with Gasteiger partial charge < -0.3 is 10.1 Å². The van der Waals surface area contributed by atoms with E-state index in [4.69, 9.17) is 16.3 Å². The summed E-state index contributed by atoms with van der Waals surface area (Å²) in [4.78, 5) is 12.4. The Kier molecular flexibility index (Phi) is 5.84. The van der Waals surface area contributed by atoms with Gasteiger partial charge in [-0.3, -0.25) is 4.79 Å². The van der Waals surface area contributed by atoms with Gasteiger partial charge >= 0.3 is 0 Å². The summed E-state index contributed by atoms with van der Waals surface area (Å²) in [6.45, 7) is 3.88. The Balaban J connectivity index is 2.00. The van der Waals surface area contributed by atoms with Crippen LogP contribution in [0.15, 0.2) is 54.6 Å². The van der Waals surface area contributed by atoms with Gasteiger partial charge in [-0.25, -0.2) is 0 Å². The standard InChI is InChI=1S/C18H20ClNO2/c1-3-17(22-16-11-7-10-15(19)12-16)18(21)20-13(2)14-8-5-4-6-9-14/h4-13,17H,3H2,1-2H3,(H,20,21)/t13-,17-/m1/s1. The van der Waals surface area contributed by atoms with E-state index in [1.54, 1.807) is 24.3 Å². The predicted molar refractivity (Wildman–Crippen MR) is 89.2 cm³/mol. The Labute approximate surface area is 136 Å². The fourth-order valence-corrected chi connectivity index (χ4v) is 2.34. The molecule has 4 heteroatoms. The van der Waals surface area contributed by atoms with Crippen molar-refractivity contribution in [1.82, 2.24) is 5.32 Å². The predicted octanol–water partition coefficient (Wildman–Crippen LogP) is 4.37. The summed E-state index contributed by atoms with van der Waals surface area (Å²) >= 11 is 5.93. The molecule has 1 N–H and O–H groups in total. The molecule has 22 heavy (non-hydrogen) atoms. The maximum absolute atomic E-state index is 12.4. The molecule has 0 saturated carbocycles. The average Bonchev–Trinajstić information content (AvgIpc) is 2.53. The highest BCUT2D eigenvalue weighted by Gasteiger charge is 2.20. The lowest BCUT2D eigenvalue weighted by Crippen LogP contribution is -2.39. The normalized spacial score (nSPS) is 13.2. The van der Waals surface area contributed by atoms with Gasteiger partial charge in [0, 0.05) is 5.02 Å². The van der Waals surface area contributed by atoms with Crippen LogP contribution in [-0.2, 0) is 4.79 Å². The number of halogens is 1. The molecule has 1 amide bonds. The molecular weight excluding hydrogens is 298 g/mol. The highest BCUT2D eigenvalue weighted by atomic mass is 35.5. The van der Waals surface area contributed by atoms with Crippen LogP contribution in [0, 0.1) is 0 Å². The van der Waals surface area contributed by atoms with E-state index in [1.165, 1.54) is 0 Å². The first kappa shape index (κ1) is 16.4. The van der Waals surface area contributed by atoms with Crippen molar-refractivity contribution < 1.29 is 9.53 Å². The molecule has 3 nitrogen and oxygen atoms in total. The van der Waals surface area contributed by atoms with Gasteiger partial charge in [-0.1, -0.05) is 54.9 Å². The molecule has 0 heterocycles. The highest BCUT2D eigenvalue weighted by Crippen LogP contribution is 2.20. The summed E-state index contributed by atoms with van der Waals surface area (Å²) in [6.07, 6.45) is 0.0458.